The van der Waals surface area contributed by atoms with E-state index in [-0.39, 0.29) is 5.56 Å². The van der Waals surface area contributed by atoms with E-state index in [4.69, 9.17) is 16.3 Å². The van der Waals surface area contributed by atoms with Gasteiger partial charge in [-0.3, -0.25) is 0 Å². The van der Waals surface area contributed by atoms with Gasteiger partial charge in [-0.15, -0.1) is 0 Å². The van der Waals surface area contributed by atoms with Gasteiger partial charge in [-0.2, -0.15) is 0 Å². The number of halogens is 2. The summed E-state index contributed by atoms with van der Waals surface area (Å²) in [6, 6.07) is 9.50. The van der Waals surface area contributed by atoms with Crippen LogP contribution in [0.2, 0.25) is 0 Å². The fraction of sp³-hybridized carbons (Fsp3) is 0.250. The van der Waals surface area contributed by atoms with E-state index < -0.39 is 0 Å². The maximum atomic E-state index is 5.73. The van der Waals surface area contributed by atoms with Crippen molar-refractivity contribution in [3.8, 4) is 5.75 Å². The average Bonchev–Trinajstić information content (AvgIpc) is 2.06. The average molecular weight is 236 g/mol. The summed E-state index contributed by atoms with van der Waals surface area (Å²) >= 11 is 8.95. The molecular formula is C8H8BrClO. The number of alkyl halides is 2. The van der Waals surface area contributed by atoms with Crippen molar-refractivity contribution in [1.29, 1.82) is 0 Å². The molecule has 1 atom stereocenters. The van der Waals surface area contributed by atoms with E-state index in [0.29, 0.717) is 5.33 Å². The molecule has 1 rings (SSSR count). The normalized spacial score (nSPS) is 12.5. The Bertz CT molecular complexity index is 203. The van der Waals surface area contributed by atoms with Crippen LogP contribution in [0.3, 0.4) is 0 Å². The lowest BCUT2D eigenvalue weighted by molar-refractivity contribution is 0.306. The van der Waals surface area contributed by atoms with Crippen LogP contribution >= 0.6 is 27.5 Å². The first-order valence-corrected chi connectivity index (χ1v) is 4.80. The summed E-state index contributed by atoms with van der Waals surface area (Å²) in [5.41, 5.74) is -0.294. The molecule has 0 radical (unpaired) electrons. The van der Waals surface area contributed by atoms with Crippen molar-refractivity contribution in [2.24, 2.45) is 0 Å². The van der Waals surface area contributed by atoms with Gasteiger partial charge < -0.3 is 4.74 Å². The van der Waals surface area contributed by atoms with Gasteiger partial charge in [-0.25, -0.2) is 0 Å². The van der Waals surface area contributed by atoms with Crippen molar-refractivity contribution in [2.45, 2.75) is 5.56 Å². The molecule has 0 aliphatic heterocycles. The Morgan fingerprint density at radius 1 is 1.36 bits per heavy atom. The third-order valence-electron chi connectivity index (χ3n) is 1.13. The minimum absolute atomic E-state index is 0.294. The van der Waals surface area contributed by atoms with Crippen LogP contribution in [0.1, 0.15) is 0 Å². The molecule has 0 amide bonds. The molecule has 0 aliphatic rings. The number of hydrogen-bond acceptors (Lipinski definition) is 1. The van der Waals surface area contributed by atoms with Crippen molar-refractivity contribution in [1.82, 2.24) is 0 Å². The highest BCUT2D eigenvalue weighted by molar-refractivity contribution is 9.09. The number of para-hydroxylation sites is 1. The maximum Gasteiger partial charge on any atom is 0.181 e. The Kier molecular flexibility index (Phi) is 3.73. The third kappa shape index (κ3) is 3.12. The summed E-state index contributed by atoms with van der Waals surface area (Å²) in [5, 5.41) is 0.628. The largest absolute Gasteiger partial charge is 0.474 e. The Morgan fingerprint density at radius 3 is 2.55 bits per heavy atom. The van der Waals surface area contributed by atoms with Gasteiger partial charge in [0, 0.05) is 0 Å². The maximum absolute atomic E-state index is 5.73. The van der Waals surface area contributed by atoms with Crippen molar-refractivity contribution >= 4 is 27.5 Å². The Labute approximate surface area is 79.4 Å². The highest BCUT2D eigenvalue weighted by Gasteiger charge is 2.01. The van der Waals surface area contributed by atoms with E-state index in [1.165, 1.54) is 0 Å². The fourth-order valence-electron chi connectivity index (χ4n) is 0.678. The van der Waals surface area contributed by atoms with E-state index >= 15 is 0 Å². The predicted octanol–water partition coefficient (Wildman–Crippen LogP) is 3.03. The molecule has 0 fully saturated rings. The molecule has 1 unspecified atom stereocenters. The van der Waals surface area contributed by atoms with Gasteiger partial charge in [0.25, 0.3) is 0 Å². The van der Waals surface area contributed by atoms with E-state index in [1.54, 1.807) is 0 Å². The van der Waals surface area contributed by atoms with Crippen LogP contribution in [0, 0.1) is 0 Å². The van der Waals surface area contributed by atoms with Crippen LogP contribution in [-0.2, 0) is 0 Å². The van der Waals surface area contributed by atoms with Crippen molar-refractivity contribution < 1.29 is 4.74 Å². The van der Waals surface area contributed by atoms with Gasteiger partial charge in [-0.1, -0.05) is 45.7 Å². The fourth-order valence-corrected chi connectivity index (χ4v) is 0.913. The van der Waals surface area contributed by atoms with Crippen LogP contribution in [-0.4, -0.2) is 10.9 Å². The Balaban J connectivity index is 2.51. The van der Waals surface area contributed by atoms with E-state index in [0.717, 1.165) is 5.75 Å². The zero-order valence-corrected chi connectivity index (χ0v) is 8.18. The first-order chi connectivity index (χ1) is 5.33. The van der Waals surface area contributed by atoms with Crippen LogP contribution in [0.25, 0.3) is 0 Å². The summed E-state index contributed by atoms with van der Waals surface area (Å²) in [6.07, 6.45) is 0. The minimum atomic E-state index is -0.294. The molecule has 11 heavy (non-hydrogen) atoms. The molecule has 0 bridgehead atoms. The number of benzene rings is 1. The predicted molar refractivity (Wildman–Crippen MR) is 50.5 cm³/mol. The SMILES string of the molecule is ClC(CBr)Oc1ccccc1. The van der Waals surface area contributed by atoms with Gasteiger partial charge in [0.05, 0.1) is 5.33 Å². The molecule has 0 saturated carbocycles. The molecule has 0 N–H and O–H groups in total. The van der Waals surface area contributed by atoms with Crippen LogP contribution in [0.15, 0.2) is 30.3 Å². The number of rotatable bonds is 3. The molecule has 0 spiro atoms. The summed E-state index contributed by atoms with van der Waals surface area (Å²) in [5.74, 6) is 0.798. The number of ether oxygens (including phenoxy) is 1. The molecular weight excluding hydrogens is 227 g/mol. The zero-order chi connectivity index (χ0) is 8.10. The summed E-state index contributed by atoms with van der Waals surface area (Å²) in [7, 11) is 0. The molecule has 0 heterocycles. The van der Waals surface area contributed by atoms with Crippen molar-refractivity contribution in [2.75, 3.05) is 5.33 Å². The molecule has 60 valence electrons. The molecule has 3 heteroatoms. The van der Waals surface area contributed by atoms with Crippen molar-refractivity contribution in [3.63, 3.8) is 0 Å². The quantitative estimate of drug-likeness (QED) is 0.732. The second-order valence-corrected chi connectivity index (χ2v) is 3.13. The van der Waals surface area contributed by atoms with Gasteiger partial charge in [-0.05, 0) is 12.1 Å². The first kappa shape index (κ1) is 8.88. The smallest absolute Gasteiger partial charge is 0.181 e. The highest BCUT2D eigenvalue weighted by atomic mass is 79.9. The molecule has 0 aromatic heterocycles. The molecule has 0 saturated heterocycles. The minimum Gasteiger partial charge on any atom is -0.474 e. The lowest BCUT2D eigenvalue weighted by Gasteiger charge is -2.08. The third-order valence-corrected chi connectivity index (χ3v) is 2.33. The van der Waals surface area contributed by atoms with Gasteiger partial charge >= 0.3 is 0 Å². The van der Waals surface area contributed by atoms with Crippen LogP contribution in [0.5, 0.6) is 5.75 Å². The van der Waals surface area contributed by atoms with Gasteiger partial charge in [0.2, 0.25) is 0 Å². The Morgan fingerprint density at radius 2 is 2.00 bits per heavy atom. The molecule has 1 aromatic rings. The highest BCUT2D eigenvalue weighted by Crippen LogP contribution is 2.13. The van der Waals surface area contributed by atoms with Crippen molar-refractivity contribution in [3.05, 3.63) is 30.3 Å². The van der Waals surface area contributed by atoms with E-state index in [2.05, 4.69) is 15.9 Å². The summed E-state index contributed by atoms with van der Waals surface area (Å²) < 4.78 is 5.28. The van der Waals surface area contributed by atoms with Crippen LogP contribution in [0.4, 0.5) is 0 Å². The summed E-state index contributed by atoms with van der Waals surface area (Å²) in [6.45, 7) is 0. The lowest BCUT2D eigenvalue weighted by Crippen LogP contribution is -2.09. The summed E-state index contributed by atoms with van der Waals surface area (Å²) in [4.78, 5) is 0. The lowest BCUT2D eigenvalue weighted by atomic mass is 10.3. The van der Waals surface area contributed by atoms with Gasteiger partial charge in [0.15, 0.2) is 5.56 Å². The monoisotopic (exact) mass is 234 g/mol. The zero-order valence-electron chi connectivity index (χ0n) is 5.84. The standard InChI is InChI=1S/C8H8BrClO/c9-6-8(10)11-7-4-2-1-3-5-7/h1-5,8H,6H2. The molecule has 1 aromatic carbocycles. The molecule has 0 aliphatic carbocycles. The van der Waals surface area contributed by atoms with Gasteiger partial charge in [0.1, 0.15) is 5.75 Å². The Hall–Kier alpha value is -0.210. The van der Waals surface area contributed by atoms with E-state index in [9.17, 15) is 0 Å². The second-order valence-electron chi connectivity index (χ2n) is 2.00. The van der Waals surface area contributed by atoms with Crippen LogP contribution < -0.4 is 4.74 Å². The second kappa shape index (κ2) is 4.62. The first-order valence-electron chi connectivity index (χ1n) is 3.24. The molecule has 1 nitrogen and oxygen atoms in total. The topological polar surface area (TPSA) is 9.23 Å². The van der Waals surface area contributed by atoms with E-state index in [1.807, 2.05) is 30.3 Å². The number of hydrogen-bond donors (Lipinski definition) is 0.